The van der Waals surface area contributed by atoms with Crippen LogP contribution in [0.2, 0.25) is 0 Å². The molecule has 21 heavy (non-hydrogen) atoms. The van der Waals surface area contributed by atoms with E-state index in [9.17, 15) is 13.2 Å². The van der Waals surface area contributed by atoms with E-state index in [1.54, 1.807) is 0 Å². The van der Waals surface area contributed by atoms with Crippen LogP contribution in [0.4, 0.5) is 0 Å². The number of sulfonamides is 1. The summed E-state index contributed by atoms with van der Waals surface area (Å²) in [5, 5.41) is 0. The second kappa shape index (κ2) is 6.68. The first-order valence-electron chi connectivity index (χ1n) is 7.13. The first kappa shape index (κ1) is 16.1. The molecule has 0 N–H and O–H groups in total. The SMILES string of the molecule is Cc1ccc(C(=O)CCN2CCN(S(C)(=O)=O)CC2)cc1. The number of hydrogen-bond donors (Lipinski definition) is 0. The van der Waals surface area contributed by atoms with Crippen molar-refractivity contribution >= 4 is 15.8 Å². The monoisotopic (exact) mass is 310 g/mol. The lowest BCUT2D eigenvalue weighted by molar-refractivity contribution is 0.0952. The maximum absolute atomic E-state index is 12.1. The lowest BCUT2D eigenvalue weighted by Gasteiger charge is -2.33. The van der Waals surface area contributed by atoms with E-state index in [4.69, 9.17) is 0 Å². The van der Waals surface area contributed by atoms with Gasteiger partial charge in [-0.2, -0.15) is 4.31 Å². The molecule has 0 atom stereocenters. The summed E-state index contributed by atoms with van der Waals surface area (Å²) in [5.41, 5.74) is 1.89. The fourth-order valence-electron chi connectivity index (χ4n) is 2.43. The Labute approximate surface area is 126 Å². The molecule has 5 nitrogen and oxygen atoms in total. The van der Waals surface area contributed by atoms with Gasteiger partial charge in [-0.1, -0.05) is 29.8 Å². The minimum atomic E-state index is -3.09. The highest BCUT2D eigenvalue weighted by Gasteiger charge is 2.23. The number of piperazine rings is 1. The zero-order valence-corrected chi connectivity index (χ0v) is 13.4. The van der Waals surface area contributed by atoms with Gasteiger partial charge in [-0.25, -0.2) is 8.42 Å². The molecule has 0 unspecified atom stereocenters. The van der Waals surface area contributed by atoms with Crippen molar-refractivity contribution in [2.24, 2.45) is 0 Å². The molecule has 0 saturated carbocycles. The van der Waals surface area contributed by atoms with E-state index in [1.807, 2.05) is 31.2 Å². The predicted octanol–water partition coefficient (Wildman–Crippen LogP) is 1.15. The van der Waals surface area contributed by atoms with Gasteiger partial charge >= 0.3 is 0 Å². The van der Waals surface area contributed by atoms with Crippen LogP contribution in [0.15, 0.2) is 24.3 Å². The molecule has 1 saturated heterocycles. The predicted molar refractivity (Wildman–Crippen MR) is 83.0 cm³/mol. The molecule has 1 heterocycles. The Morgan fingerprint density at radius 2 is 1.67 bits per heavy atom. The van der Waals surface area contributed by atoms with Crippen LogP contribution in [-0.4, -0.2) is 62.4 Å². The van der Waals surface area contributed by atoms with Gasteiger partial charge in [0.05, 0.1) is 6.26 Å². The van der Waals surface area contributed by atoms with Crippen LogP contribution in [0.25, 0.3) is 0 Å². The van der Waals surface area contributed by atoms with Crippen molar-refractivity contribution in [3.63, 3.8) is 0 Å². The summed E-state index contributed by atoms with van der Waals surface area (Å²) >= 11 is 0. The minimum absolute atomic E-state index is 0.139. The lowest BCUT2D eigenvalue weighted by Crippen LogP contribution is -2.48. The van der Waals surface area contributed by atoms with Crippen LogP contribution in [-0.2, 0) is 10.0 Å². The van der Waals surface area contributed by atoms with Crippen molar-refractivity contribution in [1.82, 2.24) is 9.21 Å². The largest absolute Gasteiger partial charge is 0.300 e. The van der Waals surface area contributed by atoms with Crippen LogP contribution in [0.5, 0.6) is 0 Å². The molecule has 1 aliphatic heterocycles. The number of Topliss-reactive ketones (excluding diaryl/α,β-unsaturated/α-hetero) is 1. The molecular weight excluding hydrogens is 288 g/mol. The van der Waals surface area contributed by atoms with Crippen LogP contribution in [0.1, 0.15) is 22.3 Å². The summed E-state index contributed by atoms with van der Waals surface area (Å²) in [5.74, 6) is 0.139. The quantitative estimate of drug-likeness (QED) is 0.766. The Kier molecular flexibility index (Phi) is 5.13. The Morgan fingerprint density at radius 1 is 1.10 bits per heavy atom. The van der Waals surface area contributed by atoms with Gasteiger partial charge in [0, 0.05) is 44.7 Å². The van der Waals surface area contributed by atoms with Crippen molar-refractivity contribution in [1.29, 1.82) is 0 Å². The van der Waals surface area contributed by atoms with Crippen molar-refractivity contribution in [3.8, 4) is 0 Å². The lowest BCUT2D eigenvalue weighted by atomic mass is 10.1. The molecule has 1 aromatic rings. The summed E-state index contributed by atoms with van der Waals surface area (Å²) in [6, 6.07) is 7.61. The molecule has 0 spiro atoms. The molecule has 116 valence electrons. The van der Waals surface area contributed by atoms with Gasteiger partial charge in [-0.15, -0.1) is 0 Å². The van der Waals surface area contributed by atoms with Gasteiger partial charge in [0.2, 0.25) is 10.0 Å². The maximum atomic E-state index is 12.1. The molecular formula is C15H22N2O3S. The molecule has 0 bridgehead atoms. The van der Waals surface area contributed by atoms with Gasteiger partial charge in [0.1, 0.15) is 0 Å². The van der Waals surface area contributed by atoms with Gasteiger partial charge in [0.25, 0.3) is 0 Å². The highest BCUT2D eigenvalue weighted by Crippen LogP contribution is 2.09. The number of aryl methyl sites for hydroxylation is 1. The van der Waals surface area contributed by atoms with E-state index in [-0.39, 0.29) is 5.78 Å². The molecule has 0 amide bonds. The molecule has 6 heteroatoms. The van der Waals surface area contributed by atoms with E-state index in [0.29, 0.717) is 39.1 Å². The van der Waals surface area contributed by atoms with Crippen LogP contribution in [0, 0.1) is 6.92 Å². The Hall–Kier alpha value is -1.24. The standard InChI is InChI=1S/C15H22N2O3S/c1-13-3-5-14(6-4-13)15(18)7-8-16-9-11-17(12-10-16)21(2,19)20/h3-6H,7-12H2,1-2H3. The zero-order chi connectivity index (χ0) is 15.5. The first-order valence-corrected chi connectivity index (χ1v) is 8.98. The fourth-order valence-corrected chi connectivity index (χ4v) is 3.25. The van der Waals surface area contributed by atoms with Gasteiger partial charge in [-0.05, 0) is 6.92 Å². The van der Waals surface area contributed by atoms with E-state index < -0.39 is 10.0 Å². The summed E-state index contributed by atoms with van der Waals surface area (Å²) in [4.78, 5) is 14.2. The van der Waals surface area contributed by atoms with E-state index >= 15 is 0 Å². The normalized spacial score (nSPS) is 17.8. The molecule has 1 aromatic carbocycles. The Morgan fingerprint density at radius 3 is 2.19 bits per heavy atom. The molecule has 0 radical (unpaired) electrons. The number of nitrogens with zero attached hydrogens (tertiary/aromatic N) is 2. The van der Waals surface area contributed by atoms with Crippen LogP contribution in [0.3, 0.4) is 0 Å². The number of hydrogen-bond acceptors (Lipinski definition) is 4. The van der Waals surface area contributed by atoms with Gasteiger partial charge in [0.15, 0.2) is 5.78 Å². The fraction of sp³-hybridized carbons (Fsp3) is 0.533. The third kappa shape index (κ3) is 4.62. The smallest absolute Gasteiger partial charge is 0.211 e. The molecule has 2 rings (SSSR count). The second-order valence-corrected chi connectivity index (χ2v) is 7.53. The average Bonchev–Trinajstić information content (AvgIpc) is 2.45. The molecule has 0 aromatic heterocycles. The van der Waals surface area contributed by atoms with Crippen LogP contribution >= 0.6 is 0 Å². The number of rotatable bonds is 5. The molecule has 0 aliphatic carbocycles. The Bertz CT molecular complexity index is 588. The molecule has 1 aliphatic rings. The van der Waals surface area contributed by atoms with Crippen LogP contribution < -0.4 is 0 Å². The number of carbonyl (C=O) groups excluding carboxylic acids is 1. The molecule has 1 fully saturated rings. The average molecular weight is 310 g/mol. The third-order valence-corrected chi connectivity index (χ3v) is 5.13. The van der Waals surface area contributed by atoms with Crippen molar-refractivity contribution in [2.75, 3.05) is 39.0 Å². The summed E-state index contributed by atoms with van der Waals surface area (Å²) in [7, 11) is -3.09. The van der Waals surface area contributed by atoms with E-state index in [1.165, 1.54) is 10.6 Å². The van der Waals surface area contributed by atoms with Gasteiger partial charge < -0.3 is 4.90 Å². The third-order valence-electron chi connectivity index (χ3n) is 3.83. The van der Waals surface area contributed by atoms with Crippen molar-refractivity contribution in [2.45, 2.75) is 13.3 Å². The van der Waals surface area contributed by atoms with E-state index in [0.717, 1.165) is 11.1 Å². The number of benzene rings is 1. The Balaban J connectivity index is 1.79. The van der Waals surface area contributed by atoms with Crippen molar-refractivity contribution in [3.05, 3.63) is 35.4 Å². The highest BCUT2D eigenvalue weighted by molar-refractivity contribution is 7.88. The first-order chi connectivity index (χ1) is 9.86. The minimum Gasteiger partial charge on any atom is -0.300 e. The number of ketones is 1. The topological polar surface area (TPSA) is 57.7 Å². The summed E-state index contributed by atoms with van der Waals surface area (Å²) < 4.78 is 24.3. The second-order valence-electron chi connectivity index (χ2n) is 5.54. The highest BCUT2D eigenvalue weighted by atomic mass is 32.2. The van der Waals surface area contributed by atoms with E-state index in [2.05, 4.69) is 4.90 Å². The number of carbonyl (C=O) groups is 1. The van der Waals surface area contributed by atoms with Gasteiger partial charge in [-0.3, -0.25) is 4.79 Å². The summed E-state index contributed by atoms with van der Waals surface area (Å²) in [6.07, 6.45) is 1.71. The zero-order valence-electron chi connectivity index (χ0n) is 12.6. The summed E-state index contributed by atoms with van der Waals surface area (Å²) in [6.45, 7) is 5.08. The maximum Gasteiger partial charge on any atom is 0.211 e. The van der Waals surface area contributed by atoms with Crippen molar-refractivity contribution < 1.29 is 13.2 Å².